The zero-order chi connectivity index (χ0) is 20.3. The summed E-state index contributed by atoms with van der Waals surface area (Å²) in [6, 6.07) is 10.5. The quantitative estimate of drug-likeness (QED) is 0.591. The molecule has 1 aliphatic rings. The van der Waals surface area contributed by atoms with Gasteiger partial charge in [0.25, 0.3) is 0 Å². The van der Waals surface area contributed by atoms with Crippen LogP contribution in [0.25, 0.3) is 0 Å². The number of rotatable bonds is 4. The third-order valence-electron chi connectivity index (χ3n) is 4.15. The van der Waals surface area contributed by atoms with Crippen molar-refractivity contribution in [3.05, 3.63) is 47.5 Å². The normalized spacial score (nSPS) is 15.0. The van der Waals surface area contributed by atoms with Crippen molar-refractivity contribution in [2.45, 2.75) is 33.1 Å². The highest BCUT2D eigenvalue weighted by atomic mass is 16.6. The van der Waals surface area contributed by atoms with Crippen LogP contribution in [0.2, 0.25) is 0 Å². The highest BCUT2D eigenvalue weighted by molar-refractivity contribution is 5.74. The first-order chi connectivity index (χ1) is 13.3. The monoisotopic (exact) mass is 384 g/mol. The van der Waals surface area contributed by atoms with Crippen LogP contribution in [0.15, 0.2) is 36.4 Å². The molecule has 0 saturated heterocycles. The molecule has 0 radical (unpaired) electrons. The van der Waals surface area contributed by atoms with Gasteiger partial charge in [-0.05, 0) is 35.7 Å². The molecule has 0 spiro atoms. The molecule has 3 rings (SSSR count). The number of ether oxygens (including phenoxy) is 4. The van der Waals surface area contributed by atoms with E-state index in [-0.39, 0.29) is 23.4 Å². The molecule has 28 heavy (non-hydrogen) atoms. The minimum atomic E-state index is -0.519. The van der Waals surface area contributed by atoms with Crippen molar-refractivity contribution in [1.82, 2.24) is 0 Å². The maximum absolute atomic E-state index is 11.4. The number of esters is 3. The van der Waals surface area contributed by atoms with Crippen molar-refractivity contribution in [3.8, 4) is 23.0 Å². The zero-order valence-electron chi connectivity index (χ0n) is 15.8. The molecule has 0 amide bonds. The number of hydrogen-bond donors (Lipinski definition) is 0. The van der Waals surface area contributed by atoms with Crippen LogP contribution in [0.4, 0.5) is 0 Å². The highest BCUT2D eigenvalue weighted by Crippen LogP contribution is 2.40. The second-order valence-electron chi connectivity index (χ2n) is 6.47. The van der Waals surface area contributed by atoms with E-state index in [9.17, 15) is 14.4 Å². The van der Waals surface area contributed by atoms with E-state index >= 15 is 0 Å². The third kappa shape index (κ3) is 4.68. The van der Waals surface area contributed by atoms with E-state index in [0.717, 1.165) is 11.1 Å². The van der Waals surface area contributed by atoms with Gasteiger partial charge in [0.2, 0.25) is 0 Å². The number of carbonyl (C=O) groups is 3. The number of fused-ring (bicyclic) bond motifs is 1. The van der Waals surface area contributed by atoms with E-state index in [1.807, 2.05) is 12.1 Å². The van der Waals surface area contributed by atoms with E-state index in [0.29, 0.717) is 24.5 Å². The lowest BCUT2D eigenvalue weighted by Gasteiger charge is -2.26. The molecule has 0 fully saturated rings. The van der Waals surface area contributed by atoms with Gasteiger partial charge in [-0.3, -0.25) is 14.4 Å². The molecule has 1 atom stereocenters. The van der Waals surface area contributed by atoms with Crippen molar-refractivity contribution >= 4 is 17.9 Å². The van der Waals surface area contributed by atoms with Crippen LogP contribution in [0.3, 0.4) is 0 Å². The Labute approximate surface area is 162 Å². The second-order valence-corrected chi connectivity index (χ2v) is 6.47. The SMILES string of the molecule is CC(=O)Oc1ccc([C@@H]2COc3cc(OC(C)=O)c(OC(C)=O)cc3C2)cc1. The molecular weight excluding hydrogens is 364 g/mol. The summed E-state index contributed by atoms with van der Waals surface area (Å²) in [5.74, 6) is 0.0588. The maximum atomic E-state index is 11.4. The van der Waals surface area contributed by atoms with Crippen LogP contribution in [-0.4, -0.2) is 24.5 Å². The van der Waals surface area contributed by atoms with Gasteiger partial charge in [-0.25, -0.2) is 0 Å². The Bertz CT molecular complexity index is 915. The number of hydrogen-bond acceptors (Lipinski definition) is 7. The van der Waals surface area contributed by atoms with Crippen LogP contribution in [-0.2, 0) is 20.8 Å². The second kappa shape index (κ2) is 8.12. The molecule has 0 aliphatic carbocycles. The average Bonchev–Trinajstić information content (AvgIpc) is 2.61. The summed E-state index contributed by atoms with van der Waals surface area (Å²) in [5.41, 5.74) is 1.87. The predicted octanol–water partition coefficient (Wildman–Crippen LogP) is 3.18. The first-order valence-electron chi connectivity index (χ1n) is 8.76. The summed E-state index contributed by atoms with van der Waals surface area (Å²) in [4.78, 5) is 33.7. The van der Waals surface area contributed by atoms with Gasteiger partial charge in [0, 0.05) is 32.8 Å². The van der Waals surface area contributed by atoms with Gasteiger partial charge < -0.3 is 18.9 Å². The topological polar surface area (TPSA) is 88.1 Å². The van der Waals surface area contributed by atoms with E-state index in [2.05, 4.69) is 0 Å². The van der Waals surface area contributed by atoms with Crippen molar-refractivity contribution in [2.24, 2.45) is 0 Å². The van der Waals surface area contributed by atoms with Crippen LogP contribution in [0, 0.1) is 0 Å². The summed E-state index contributed by atoms with van der Waals surface area (Å²) in [7, 11) is 0. The molecule has 0 bridgehead atoms. The van der Waals surface area contributed by atoms with Gasteiger partial charge in [0.15, 0.2) is 11.5 Å². The molecule has 1 aliphatic heterocycles. The number of benzene rings is 2. The van der Waals surface area contributed by atoms with Crippen molar-refractivity contribution in [2.75, 3.05) is 6.61 Å². The molecule has 0 saturated carbocycles. The Morgan fingerprint density at radius 3 is 2.00 bits per heavy atom. The van der Waals surface area contributed by atoms with Crippen LogP contribution >= 0.6 is 0 Å². The molecular formula is C21H20O7. The Morgan fingerprint density at radius 1 is 0.857 bits per heavy atom. The summed E-state index contributed by atoms with van der Waals surface area (Å²) in [6.45, 7) is 4.34. The first kappa shape index (κ1) is 19.4. The fourth-order valence-electron chi connectivity index (χ4n) is 3.05. The predicted molar refractivity (Wildman–Crippen MR) is 98.8 cm³/mol. The van der Waals surface area contributed by atoms with Gasteiger partial charge in [-0.2, -0.15) is 0 Å². The van der Waals surface area contributed by atoms with E-state index < -0.39 is 11.9 Å². The molecule has 0 aromatic heterocycles. The molecule has 146 valence electrons. The third-order valence-corrected chi connectivity index (χ3v) is 4.15. The van der Waals surface area contributed by atoms with E-state index in [1.165, 1.54) is 20.8 Å². The van der Waals surface area contributed by atoms with Crippen molar-refractivity contribution < 1.29 is 33.3 Å². The molecule has 1 heterocycles. The highest BCUT2D eigenvalue weighted by Gasteiger charge is 2.25. The molecule has 2 aromatic carbocycles. The van der Waals surface area contributed by atoms with Crippen LogP contribution in [0.1, 0.15) is 37.8 Å². The summed E-state index contributed by atoms with van der Waals surface area (Å²) >= 11 is 0. The smallest absolute Gasteiger partial charge is 0.308 e. The number of carbonyl (C=O) groups excluding carboxylic acids is 3. The van der Waals surface area contributed by atoms with Gasteiger partial charge in [-0.15, -0.1) is 0 Å². The maximum Gasteiger partial charge on any atom is 0.308 e. The fourth-order valence-corrected chi connectivity index (χ4v) is 3.05. The van der Waals surface area contributed by atoms with E-state index in [1.54, 1.807) is 24.3 Å². The average molecular weight is 384 g/mol. The Kier molecular flexibility index (Phi) is 5.63. The minimum absolute atomic E-state index is 0.0728. The molecule has 2 aromatic rings. The minimum Gasteiger partial charge on any atom is -0.493 e. The Hall–Kier alpha value is -3.35. The lowest BCUT2D eigenvalue weighted by molar-refractivity contribution is -0.134. The van der Waals surface area contributed by atoms with Gasteiger partial charge in [0.05, 0.1) is 6.61 Å². The molecule has 7 nitrogen and oxygen atoms in total. The van der Waals surface area contributed by atoms with Gasteiger partial charge >= 0.3 is 17.9 Å². The lowest BCUT2D eigenvalue weighted by Crippen LogP contribution is -2.20. The largest absolute Gasteiger partial charge is 0.493 e. The first-order valence-corrected chi connectivity index (χ1v) is 8.76. The summed E-state index contributed by atoms with van der Waals surface area (Å²) in [5, 5.41) is 0. The fraction of sp³-hybridized carbons (Fsp3) is 0.286. The summed E-state index contributed by atoms with van der Waals surface area (Å²) < 4.78 is 21.2. The van der Waals surface area contributed by atoms with Crippen LogP contribution < -0.4 is 18.9 Å². The summed E-state index contributed by atoms with van der Waals surface area (Å²) in [6.07, 6.45) is 0.650. The van der Waals surface area contributed by atoms with Gasteiger partial charge in [0.1, 0.15) is 11.5 Å². The Morgan fingerprint density at radius 2 is 1.43 bits per heavy atom. The standard InChI is InChI=1S/C21H20O7/c1-12(22)26-18-6-4-15(5-7-18)17-8-16-9-20(27-13(2)23)21(28-14(3)24)10-19(16)25-11-17/h4-7,9-10,17H,8,11H2,1-3H3/t17-/m0/s1. The molecule has 0 N–H and O–H groups in total. The molecule has 0 unspecified atom stereocenters. The van der Waals surface area contributed by atoms with Gasteiger partial charge in [-0.1, -0.05) is 12.1 Å². The van der Waals surface area contributed by atoms with E-state index in [4.69, 9.17) is 18.9 Å². The molecule has 7 heteroatoms. The van der Waals surface area contributed by atoms with Crippen molar-refractivity contribution in [3.63, 3.8) is 0 Å². The van der Waals surface area contributed by atoms with Crippen molar-refractivity contribution in [1.29, 1.82) is 0 Å². The van der Waals surface area contributed by atoms with Crippen LogP contribution in [0.5, 0.6) is 23.0 Å². The zero-order valence-corrected chi connectivity index (χ0v) is 15.8. The Balaban J connectivity index is 1.84. The lowest BCUT2D eigenvalue weighted by atomic mass is 9.90.